The highest BCUT2D eigenvalue weighted by Crippen LogP contribution is 2.62. The summed E-state index contributed by atoms with van der Waals surface area (Å²) in [5.41, 5.74) is -0.933. The van der Waals surface area contributed by atoms with E-state index in [-0.39, 0.29) is 6.42 Å². The molecule has 0 bridgehead atoms. The molecule has 0 aliphatic rings. The molecule has 0 aliphatic carbocycles. The van der Waals surface area contributed by atoms with Gasteiger partial charge in [-0.05, 0) is 12.0 Å². The standard InChI is InChI=1S/C16H13F13O/c1-2-8-30-10(9-6-4-3-5-7-9)11(17,18)12(19,20)13(21,22)14(23,24)15(25,26)16(27,28)29/h3-7,10H,2,8H2,1H3. The van der Waals surface area contributed by atoms with E-state index in [0.29, 0.717) is 12.1 Å². The lowest BCUT2D eigenvalue weighted by molar-refractivity contribution is -0.445. The second-order valence-electron chi connectivity index (χ2n) is 6.08. The highest BCUT2D eigenvalue weighted by Gasteiger charge is 2.91. The Bertz CT molecular complexity index is 697. The highest BCUT2D eigenvalue weighted by molar-refractivity contribution is 5.23. The van der Waals surface area contributed by atoms with E-state index in [9.17, 15) is 57.1 Å². The maximum atomic E-state index is 14.4. The second kappa shape index (κ2) is 8.08. The average molecular weight is 468 g/mol. The fraction of sp³-hybridized carbons (Fsp3) is 0.625. The predicted molar refractivity (Wildman–Crippen MR) is 76.2 cm³/mol. The number of alkyl halides is 13. The zero-order valence-electron chi connectivity index (χ0n) is 14.7. The van der Waals surface area contributed by atoms with Crippen LogP contribution in [-0.2, 0) is 4.74 Å². The molecule has 0 N–H and O–H groups in total. The van der Waals surface area contributed by atoms with Crippen molar-refractivity contribution in [2.75, 3.05) is 6.61 Å². The Morgan fingerprint density at radius 3 is 1.50 bits per heavy atom. The normalized spacial score (nSPS) is 15.9. The van der Waals surface area contributed by atoms with E-state index >= 15 is 0 Å². The van der Waals surface area contributed by atoms with Crippen molar-refractivity contribution >= 4 is 0 Å². The SMILES string of the molecule is CCCOC(c1ccccc1)C(F)(F)C(F)(F)C(F)(F)C(F)(F)C(F)(F)C(F)(F)F. The van der Waals surface area contributed by atoms with E-state index in [1.807, 2.05) is 0 Å². The van der Waals surface area contributed by atoms with Crippen LogP contribution in [0.5, 0.6) is 0 Å². The molecule has 0 radical (unpaired) electrons. The van der Waals surface area contributed by atoms with Gasteiger partial charge in [0.05, 0.1) is 0 Å². The van der Waals surface area contributed by atoms with Crippen LogP contribution in [-0.4, -0.2) is 42.4 Å². The quantitative estimate of drug-likeness (QED) is 0.359. The summed E-state index contributed by atoms with van der Waals surface area (Å²) in [6, 6.07) is 4.39. The zero-order valence-corrected chi connectivity index (χ0v) is 14.7. The molecule has 1 rings (SSSR count). The molecule has 1 aromatic carbocycles. The first-order valence-electron chi connectivity index (χ1n) is 7.93. The molecule has 0 amide bonds. The summed E-state index contributed by atoms with van der Waals surface area (Å²) in [6.07, 6.45) is -11.0. The smallest absolute Gasteiger partial charge is 0.367 e. The zero-order chi connectivity index (χ0) is 23.8. The average Bonchev–Trinajstić information content (AvgIpc) is 2.61. The van der Waals surface area contributed by atoms with Gasteiger partial charge in [-0.1, -0.05) is 37.3 Å². The van der Waals surface area contributed by atoms with Crippen molar-refractivity contribution in [2.24, 2.45) is 0 Å². The fourth-order valence-electron chi connectivity index (χ4n) is 2.22. The molecule has 30 heavy (non-hydrogen) atoms. The summed E-state index contributed by atoms with van der Waals surface area (Å²) < 4.78 is 177. The van der Waals surface area contributed by atoms with Crippen LogP contribution in [0.15, 0.2) is 30.3 Å². The molecule has 1 nitrogen and oxygen atoms in total. The number of hydrogen-bond donors (Lipinski definition) is 0. The van der Waals surface area contributed by atoms with Gasteiger partial charge in [-0.3, -0.25) is 0 Å². The van der Waals surface area contributed by atoms with E-state index in [1.165, 1.54) is 13.0 Å². The van der Waals surface area contributed by atoms with Gasteiger partial charge in [-0.25, -0.2) is 0 Å². The van der Waals surface area contributed by atoms with Crippen molar-refractivity contribution in [3.8, 4) is 0 Å². The van der Waals surface area contributed by atoms with Gasteiger partial charge >= 0.3 is 35.8 Å². The molecule has 1 atom stereocenters. The van der Waals surface area contributed by atoms with Crippen LogP contribution in [0.25, 0.3) is 0 Å². The van der Waals surface area contributed by atoms with Gasteiger partial charge in [0.15, 0.2) is 6.10 Å². The summed E-state index contributed by atoms with van der Waals surface area (Å²) in [5.74, 6) is -37.3. The van der Waals surface area contributed by atoms with Crippen molar-refractivity contribution < 1.29 is 61.8 Å². The Morgan fingerprint density at radius 2 is 1.10 bits per heavy atom. The first-order chi connectivity index (χ1) is 13.3. The Kier molecular flexibility index (Phi) is 7.08. The Hall–Kier alpha value is -1.73. The molecule has 1 aromatic rings. The van der Waals surface area contributed by atoms with Gasteiger partial charge in [0.2, 0.25) is 0 Å². The molecule has 0 saturated carbocycles. The topological polar surface area (TPSA) is 9.23 Å². The first-order valence-corrected chi connectivity index (χ1v) is 7.93. The lowest BCUT2D eigenvalue weighted by Gasteiger charge is -2.41. The van der Waals surface area contributed by atoms with E-state index in [4.69, 9.17) is 0 Å². The van der Waals surface area contributed by atoms with Crippen molar-refractivity contribution in [2.45, 2.75) is 55.2 Å². The molecule has 0 heterocycles. The Morgan fingerprint density at radius 1 is 0.667 bits per heavy atom. The van der Waals surface area contributed by atoms with Gasteiger partial charge in [0, 0.05) is 6.61 Å². The van der Waals surface area contributed by atoms with Crippen molar-refractivity contribution in [3.05, 3.63) is 35.9 Å². The lowest BCUT2D eigenvalue weighted by Crippen LogP contribution is -2.70. The third kappa shape index (κ3) is 3.94. The van der Waals surface area contributed by atoms with Gasteiger partial charge in [0.1, 0.15) is 0 Å². The van der Waals surface area contributed by atoms with Crippen LogP contribution in [0.3, 0.4) is 0 Å². The molecule has 14 heteroatoms. The van der Waals surface area contributed by atoms with Gasteiger partial charge in [-0.2, -0.15) is 57.1 Å². The monoisotopic (exact) mass is 468 g/mol. The highest BCUT2D eigenvalue weighted by atomic mass is 19.4. The third-order valence-corrected chi connectivity index (χ3v) is 3.88. The number of benzene rings is 1. The molecule has 0 fully saturated rings. The molecular formula is C16H13F13O. The number of ether oxygens (including phenoxy) is 1. The minimum Gasteiger partial charge on any atom is -0.367 e. The Balaban J connectivity index is 3.59. The van der Waals surface area contributed by atoms with Gasteiger partial charge in [-0.15, -0.1) is 0 Å². The van der Waals surface area contributed by atoms with Crippen LogP contribution in [0.4, 0.5) is 57.1 Å². The molecular weight excluding hydrogens is 455 g/mol. The second-order valence-corrected chi connectivity index (χ2v) is 6.08. The predicted octanol–water partition coefficient (Wildman–Crippen LogP) is 6.89. The number of rotatable bonds is 9. The summed E-state index contributed by atoms with van der Waals surface area (Å²) >= 11 is 0. The van der Waals surface area contributed by atoms with Crippen LogP contribution < -0.4 is 0 Å². The van der Waals surface area contributed by atoms with E-state index in [2.05, 4.69) is 4.74 Å². The molecule has 0 aromatic heterocycles. The molecule has 1 unspecified atom stereocenters. The third-order valence-electron chi connectivity index (χ3n) is 3.88. The van der Waals surface area contributed by atoms with Gasteiger partial charge in [0.25, 0.3) is 0 Å². The van der Waals surface area contributed by atoms with Crippen molar-refractivity contribution in [3.63, 3.8) is 0 Å². The first kappa shape index (κ1) is 26.3. The van der Waals surface area contributed by atoms with E-state index in [0.717, 1.165) is 12.1 Å². The molecule has 0 aliphatic heterocycles. The van der Waals surface area contributed by atoms with Crippen LogP contribution in [0.1, 0.15) is 25.0 Å². The van der Waals surface area contributed by atoms with E-state index in [1.54, 1.807) is 0 Å². The maximum Gasteiger partial charge on any atom is 0.460 e. The molecule has 0 saturated heterocycles. The van der Waals surface area contributed by atoms with Crippen molar-refractivity contribution in [1.82, 2.24) is 0 Å². The largest absolute Gasteiger partial charge is 0.460 e. The Labute approximate surface area is 160 Å². The fourth-order valence-corrected chi connectivity index (χ4v) is 2.22. The van der Waals surface area contributed by atoms with Crippen LogP contribution >= 0.6 is 0 Å². The lowest BCUT2D eigenvalue weighted by atomic mass is 9.89. The van der Waals surface area contributed by atoms with E-state index < -0.39 is 54.1 Å². The number of halogens is 13. The van der Waals surface area contributed by atoms with Crippen molar-refractivity contribution in [1.29, 1.82) is 0 Å². The summed E-state index contributed by atoms with van der Waals surface area (Å²) in [6.45, 7) is 0.483. The minimum atomic E-state index is -7.93. The molecule has 174 valence electrons. The van der Waals surface area contributed by atoms with Crippen LogP contribution in [0, 0.1) is 0 Å². The summed E-state index contributed by atoms with van der Waals surface area (Å²) in [7, 11) is 0. The number of hydrogen-bond acceptors (Lipinski definition) is 1. The maximum absolute atomic E-state index is 14.4. The summed E-state index contributed by atoms with van der Waals surface area (Å²) in [5, 5.41) is 0. The van der Waals surface area contributed by atoms with Gasteiger partial charge < -0.3 is 4.74 Å². The summed E-state index contributed by atoms with van der Waals surface area (Å²) in [4.78, 5) is 0. The van der Waals surface area contributed by atoms with Crippen LogP contribution in [0.2, 0.25) is 0 Å². The minimum absolute atomic E-state index is 0.149. The molecule has 0 spiro atoms.